The molecule has 0 saturated heterocycles. The molecule has 2 rings (SSSR count). The van der Waals surface area contributed by atoms with Gasteiger partial charge >= 0.3 is 0 Å². The highest BCUT2D eigenvalue weighted by atomic mass is 79.9. The molecule has 10 heteroatoms. The molecular formula is C16H16BrN3O5S. The lowest BCUT2D eigenvalue weighted by Gasteiger charge is -2.23. The van der Waals surface area contributed by atoms with Gasteiger partial charge in [0.05, 0.1) is 16.9 Å². The van der Waals surface area contributed by atoms with Crippen LogP contribution >= 0.6 is 15.9 Å². The summed E-state index contributed by atoms with van der Waals surface area (Å²) >= 11 is 3.28. The Morgan fingerprint density at radius 2 is 1.96 bits per heavy atom. The number of sulfonamides is 1. The van der Waals surface area contributed by atoms with Crippen LogP contribution in [0.25, 0.3) is 0 Å². The molecule has 26 heavy (non-hydrogen) atoms. The van der Waals surface area contributed by atoms with Gasteiger partial charge in [-0.3, -0.25) is 19.2 Å². The predicted molar refractivity (Wildman–Crippen MR) is 103 cm³/mol. The SMILES string of the molecule is Cc1ccc([N+](=O)[O-])cc1N(CC(=O)Nc1cccc(Br)c1)S(C)(=O)=O. The van der Waals surface area contributed by atoms with Crippen LogP contribution in [0.15, 0.2) is 46.9 Å². The highest BCUT2D eigenvalue weighted by Gasteiger charge is 2.24. The first-order chi connectivity index (χ1) is 12.1. The van der Waals surface area contributed by atoms with Crippen LogP contribution < -0.4 is 9.62 Å². The van der Waals surface area contributed by atoms with Gasteiger partial charge in [0.15, 0.2) is 0 Å². The molecule has 0 atom stereocenters. The van der Waals surface area contributed by atoms with E-state index in [0.717, 1.165) is 21.1 Å². The molecule has 0 aliphatic heterocycles. The molecular weight excluding hydrogens is 426 g/mol. The Morgan fingerprint density at radius 1 is 1.27 bits per heavy atom. The highest BCUT2D eigenvalue weighted by molar-refractivity contribution is 9.10. The number of anilines is 2. The van der Waals surface area contributed by atoms with Crippen molar-refractivity contribution in [2.45, 2.75) is 6.92 Å². The zero-order valence-corrected chi connectivity index (χ0v) is 16.4. The number of nitro groups is 1. The smallest absolute Gasteiger partial charge is 0.271 e. The van der Waals surface area contributed by atoms with Crippen LogP contribution in [0.1, 0.15) is 5.56 Å². The van der Waals surface area contributed by atoms with Gasteiger partial charge in [-0.05, 0) is 30.7 Å². The van der Waals surface area contributed by atoms with Crippen molar-refractivity contribution in [1.29, 1.82) is 0 Å². The summed E-state index contributed by atoms with van der Waals surface area (Å²) in [6.07, 6.45) is 0.942. The lowest BCUT2D eigenvalue weighted by atomic mass is 10.2. The zero-order valence-electron chi connectivity index (χ0n) is 14.0. The molecule has 0 aliphatic rings. The van der Waals surface area contributed by atoms with Crippen molar-refractivity contribution in [3.8, 4) is 0 Å². The van der Waals surface area contributed by atoms with E-state index in [1.807, 2.05) is 0 Å². The van der Waals surface area contributed by atoms with Gasteiger partial charge < -0.3 is 5.32 Å². The second-order valence-corrected chi connectivity index (χ2v) is 8.38. The molecule has 2 aromatic carbocycles. The topological polar surface area (TPSA) is 110 Å². The number of rotatable bonds is 6. The van der Waals surface area contributed by atoms with E-state index in [1.165, 1.54) is 12.1 Å². The van der Waals surface area contributed by atoms with E-state index in [4.69, 9.17) is 0 Å². The molecule has 0 saturated carbocycles. The van der Waals surface area contributed by atoms with Gasteiger partial charge in [0.25, 0.3) is 5.69 Å². The second kappa shape index (κ2) is 7.83. The monoisotopic (exact) mass is 441 g/mol. The molecule has 138 valence electrons. The minimum absolute atomic E-state index is 0.0890. The normalized spacial score (nSPS) is 11.0. The van der Waals surface area contributed by atoms with Gasteiger partial charge in [-0.1, -0.05) is 28.1 Å². The third-order valence-corrected chi connectivity index (χ3v) is 5.09. The van der Waals surface area contributed by atoms with Gasteiger partial charge in [0.1, 0.15) is 6.54 Å². The van der Waals surface area contributed by atoms with Crippen LogP contribution in [0, 0.1) is 17.0 Å². The number of hydrogen-bond donors (Lipinski definition) is 1. The number of non-ortho nitro benzene ring substituents is 1. The molecule has 1 amide bonds. The number of carbonyl (C=O) groups is 1. The van der Waals surface area contributed by atoms with Crippen molar-refractivity contribution in [1.82, 2.24) is 0 Å². The second-order valence-electron chi connectivity index (χ2n) is 5.56. The van der Waals surface area contributed by atoms with Crippen LogP contribution in [0.2, 0.25) is 0 Å². The minimum Gasteiger partial charge on any atom is -0.324 e. The van der Waals surface area contributed by atoms with E-state index in [9.17, 15) is 23.3 Å². The third-order valence-electron chi connectivity index (χ3n) is 3.47. The van der Waals surface area contributed by atoms with E-state index >= 15 is 0 Å². The lowest BCUT2D eigenvalue weighted by Crippen LogP contribution is -2.37. The molecule has 0 heterocycles. The summed E-state index contributed by atoms with van der Waals surface area (Å²) in [5.74, 6) is -0.570. The zero-order chi connectivity index (χ0) is 19.5. The number of aryl methyl sites for hydroxylation is 1. The first-order valence-corrected chi connectivity index (χ1v) is 10.0. The van der Waals surface area contributed by atoms with Crippen molar-refractivity contribution >= 4 is 48.9 Å². The number of carbonyl (C=O) groups excluding carboxylic acids is 1. The molecule has 0 radical (unpaired) electrons. The standard InChI is InChI=1S/C16H16BrN3O5S/c1-11-6-7-14(20(22)23)9-15(11)19(26(2,24)25)10-16(21)18-13-5-3-4-12(17)8-13/h3-9H,10H2,1-2H3,(H,18,21). The molecule has 2 aromatic rings. The molecule has 0 unspecified atom stereocenters. The Bertz CT molecular complexity index is 962. The van der Waals surface area contributed by atoms with E-state index in [-0.39, 0.29) is 11.4 Å². The number of hydrogen-bond acceptors (Lipinski definition) is 5. The van der Waals surface area contributed by atoms with Crippen LogP contribution in [0.4, 0.5) is 17.1 Å². The maximum Gasteiger partial charge on any atom is 0.271 e. The van der Waals surface area contributed by atoms with E-state index in [2.05, 4.69) is 21.2 Å². The average Bonchev–Trinajstić information content (AvgIpc) is 2.52. The fraction of sp³-hybridized carbons (Fsp3) is 0.188. The molecule has 1 N–H and O–H groups in total. The van der Waals surface area contributed by atoms with Crippen molar-refractivity contribution in [3.63, 3.8) is 0 Å². The molecule has 0 spiro atoms. The maximum atomic E-state index is 12.3. The number of benzene rings is 2. The summed E-state index contributed by atoms with van der Waals surface area (Å²) in [7, 11) is -3.84. The summed E-state index contributed by atoms with van der Waals surface area (Å²) in [5, 5.41) is 13.6. The summed E-state index contributed by atoms with van der Waals surface area (Å²) in [5.41, 5.74) is 0.822. The van der Waals surface area contributed by atoms with Gasteiger partial charge in [0.2, 0.25) is 15.9 Å². The highest BCUT2D eigenvalue weighted by Crippen LogP contribution is 2.27. The van der Waals surface area contributed by atoms with Gasteiger partial charge in [-0.2, -0.15) is 0 Å². The lowest BCUT2D eigenvalue weighted by molar-refractivity contribution is -0.384. The first kappa shape index (κ1) is 19.9. The van der Waals surface area contributed by atoms with Crippen molar-refractivity contribution in [2.75, 3.05) is 22.4 Å². The van der Waals surface area contributed by atoms with E-state index < -0.39 is 27.4 Å². The molecule has 0 bridgehead atoms. The molecule has 8 nitrogen and oxygen atoms in total. The summed E-state index contributed by atoms with van der Waals surface area (Å²) in [6.45, 7) is 1.11. The summed E-state index contributed by atoms with van der Waals surface area (Å²) in [6, 6.07) is 10.7. The predicted octanol–water partition coefficient (Wildman–Crippen LogP) is 3.07. The fourth-order valence-corrected chi connectivity index (χ4v) is 3.56. The largest absolute Gasteiger partial charge is 0.324 e. The quantitative estimate of drug-likeness (QED) is 0.546. The first-order valence-electron chi connectivity index (χ1n) is 7.36. The summed E-state index contributed by atoms with van der Waals surface area (Å²) in [4.78, 5) is 22.7. The van der Waals surface area contributed by atoms with Gasteiger partial charge in [-0.25, -0.2) is 8.42 Å². The van der Waals surface area contributed by atoms with Crippen LogP contribution in [0.5, 0.6) is 0 Å². The number of amides is 1. The van der Waals surface area contributed by atoms with E-state index in [1.54, 1.807) is 31.2 Å². The molecule has 0 aromatic heterocycles. The van der Waals surface area contributed by atoms with Crippen molar-refractivity contribution < 1.29 is 18.1 Å². The van der Waals surface area contributed by atoms with Crippen LogP contribution in [-0.4, -0.2) is 32.0 Å². The molecule has 0 fully saturated rings. The number of nitrogens with zero attached hydrogens (tertiary/aromatic N) is 2. The van der Waals surface area contributed by atoms with Gasteiger partial charge in [-0.15, -0.1) is 0 Å². The molecule has 0 aliphatic carbocycles. The Hall–Kier alpha value is -2.46. The van der Waals surface area contributed by atoms with Gasteiger partial charge in [0, 0.05) is 22.3 Å². The van der Waals surface area contributed by atoms with Crippen LogP contribution in [0.3, 0.4) is 0 Å². The summed E-state index contributed by atoms with van der Waals surface area (Å²) < 4.78 is 26.0. The number of nitrogens with one attached hydrogen (secondary N) is 1. The maximum absolute atomic E-state index is 12.3. The van der Waals surface area contributed by atoms with Crippen LogP contribution in [-0.2, 0) is 14.8 Å². The van der Waals surface area contributed by atoms with E-state index in [0.29, 0.717) is 11.3 Å². The fourth-order valence-electron chi connectivity index (χ4n) is 2.26. The minimum atomic E-state index is -3.84. The van der Waals surface area contributed by atoms with Crippen molar-refractivity contribution in [2.24, 2.45) is 0 Å². The Balaban J connectivity index is 2.33. The Morgan fingerprint density at radius 3 is 2.54 bits per heavy atom. The number of nitro benzene ring substituents is 1. The Kier molecular flexibility index (Phi) is 5.98. The Labute approximate surface area is 159 Å². The number of halogens is 1. The van der Waals surface area contributed by atoms with Crippen molar-refractivity contribution in [3.05, 3.63) is 62.6 Å². The average molecular weight is 442 g/mol. The third kappa shape index (κ3) is 5.02.